The molecule has 15 heavy (non-hydrogen) atoms. The third-order valence-corrected chi connectivity index (χ3v) is 2.96. The van der Waals surface area contributed by atoms with E-state index < -0.39 is 0 Å². The van der Waals surface area contributed by atoms with Gasteiger partial charge in [0.25, 0.3) is 0 Å². The Hall–Kier alpha value is -0.940. The third-order valence-electron chi connectivity index (χ3n) is 2.96. The molecular formula is C10H18N4O. The van der Waals surface area contributed by atoms with Crippen molar-refractivity contribution >= 4 is 0 Å². The first-order valence-corrected chi connectivity index (χ1v) is 5.49. The summed E-state index contributed by atoms with van der Waals surface area (Å²) in [5.41, 5.74) is 0. The molecule has 0 aromatic carbocycles. The molecule has 0 amide bonds. The number of aromatic nitrogens is 2. The Morgan fingerprint density at radius 1 is 1.53 bits per heavy atom. The van der Waals surface area contributed by atoms with E-state index in [1.807, 2.05) is 0 Å². The molecular weight excluding hydrogens is 192 g/mol. The van der Waals surface area contributed by atoms with Crippen molar-refractivity contribution in [3.63, 3.8) is 0 Å². The molecule has 1 aliphatic heterocycles. The van der Waals surface area contributed by atoms with Gasteiger partial charge in [-0.25, -0.2) is 0 Å². The smallest absolute Gasteiger partial charge is 0.213 e. The van der Waals surface area contributed by atoms with Crippen LogP contribution in [0.4, 0.5) is 0 Å². The van der Waals surface area contributed by atoms with Gasteiger partial charge in [-0.1, -0.05) is 5.16 Å². The van der Waals surface area contributed by atoms with Crippen LogP contribution in [0.3, 0.4) is 0 Å². The van der Waals surface area contributed by atoms with E-state index >= 15 is 0 Å². The van der Waals surface area contributed by atoms with Crippen molar-refractivity contribution in [2.75, 3.05) is 26.7 Å². The van der Waals surface area contributed by atoms with Crippen molar-refractivity contribution in [1.29, 1.82) is 0 Å². The lowest BCUT2D eigenvalue weighted by atomic mass is 9.97. The fraction of sp³-hybridized carbons (Fsp3) is 0.800. The van der Waals surface area contributed by atoms with E-state index in [0.717, 1.165) is 18.3 Å². The summed E-state index contributed by atoms with van der Waals surface area (Å²) >= 11 is 0. The fourth-order valence-electron chi connectivity index (χ4n) is 1.92. The van der Waals surface area contributed by atoms with Crippen LogP contribution in [-0.4, -0.2) is 41.7 Å². The van der Waals surface area contributed by atoms with Gasteiger partial charge in [0, 0.05) is 0 Å². The molecule has 5 heteroatoms. The number of nitrogens with one attached hydrogen (secondary N) is 1. The van der Waals surface area contributed by atoms with E-state index in [1.165, 1.54) is 32.3 Å². The third kappa shape index (κ3) is 3.28. The van der Waals surface area contributed by atoms with E-state index in [4.69, 9.17) is 0 Å². The fourth-order valence-corrected chi connectivity index (χ4v) is 1.92. The van der Waals surface area contributed by atoms with Crippen LogP contribution < -0.4 is 5.32 Å². The number of likely N-dealkylation sites (tertiary alicyclic amines) is 1. The summed E-state index contributed by atoms with van der Waals surface area (Å²) in [7, 11) is 2.18. The number of piperidine rings is 1. The van der Waals surface area contributed by atoms with E-state index in [-0.39, 0.29) is 0 Å². The molecule has 2 rings (SSSR count). The van der Waals surface area contributed by atoms with Gasteiger partial charge >= 0.3 is 0 Å². The van der Waals surface area contributed by atoms with Crippen LogP contribution in [0.5, 0.6) is 0 Å². The highest BCUT2D eigenvalue weighted by Gasteiger charge is 2.15. The molecule has 2 heterocycles. The monoisotopic (exact) mass is 210 g/mol. The summed E-state index contributed by atoms with van der Waals surface area (Å²) in [5.74, 6) is 1.54. The summed E-state index contributed by atoms with van der Waals surface area (Å²) in [4.78, 5) is 6.35. The second kappa shape index (κ2) is 5.23. The Kier molecular flexibility index (Phi) is 3.69. The van der Waals surface area contributed by atoms with E-state index in [0.29, 0.717) is 6.54 Å². The van der Waals surface area contributed by atoms with Crippen LogP contribution in [0.1, 0.15) is 18.7 Å². The van der Waals surface area contributed by atoms with Gasteiger partial charge in [-0.2, -0.15) is 4.98 Å². The number of hydrogen-bond acceptors (Lipinski definition) is 5. The van der Waals surface area contributed by atoms with Crippen molar-refractivity contribution in [1.82, 2.24) is 20.4 Å². The molecule has 1 fully saturated rings. The topological polar surface area (TPSA) is 54.2 Å². The van der Waals surface area contributed by atoms with Gasteiger partial charge in [-0.3, -0.25) is 0 Å². The molecule has 1 aromatic rings. The van der Waals surface area contributed by atoms with E-state index in [9.17, 15) is 0 Å². The lowest BCUT2D eigenvalue weighted by molar-refractivity contribution is 0.215. The minimum absolute atomic E-state index is 0.711. The van der Waals surface area contributed by atoms with E-state index in [1.54, 1.807) is 0 Å². The van der Waals surface area contributed by atoms with Gasteiger partial charge in [-0.15, -0.1) is 0 Å². The molecule has 0 bridgehead atoms. The van der Waals surface area contributed by atoms with Crippen molar-refractivity contribution < 1.29 is 4.52 Å². The van der Waals surface area contributed by atoms with Crippen LogP contribution in [-0.2, 0) is 6.54 Å². The summed E-state index contributed by atoms with van der Waals surface area (Å²) in [5, 5.41) is 7.12. The molecule has 1 N–H and O–H groups in total. The lowest BCUT2D eigenvalue weighted by Crippen LogP contribution is -2.34. The van der Waals surface area contributed by atoms with Crippen molar-refractivity contribution in [2.24, 2.45) is 5.92 Å². The van der Waals surface area contributed by atoms with Crippen LogP contribution in [0.2, 0.25) is 0 Å². The highest BCUT2D eigenvalue weighted by molar-refractivity contribution is 4.78. The Morgan fingerprint density at radius 2 is 2.33 bits per heavy atom. The molecule has 0 spiro atoms. The molecule has 1 aromatic heterocycles. The predicted molar refractivity (Wildman–Crippen MR) is 56.2 cm³/mol. The number of hydrogen-bond donors (Lipinski definition) is 1. The number of rotatable bonds is 4. The van der Waals surface area contributed by atoms with Gasteiger partial charge < -0.3 is 14.7 Å². The maximum Gasteiger partial charge on any atom is 0.213 e. The maximum atomic E-state index is 4.66. The second-order valence-corrected chi connectivity index (χ2v) is 4.22. The SMILES string of the molecule is CN1CCC(CNCc2ncon2)CC1. The molecule has 0 unspecified atom stereocenters. The zero-order valence-electron chi connectivity index (χ0n) is 9.15. The first-order valence-electron chi connectivity index (χ1n) is 5.49. The van der Waals surface area contributed by atoms with Crippen LogP contribution >= 0.6 is 0 Å². The van der Waals surface area contributed by atoms with Crippen molar-refractivity contribution in [3.8, 4) is 0 Å². The average Bonchev–Trinajstić information content (AvgIpc) is 2.74. The molecule has 1 saturated heterocycles. The first-order chi connectivity index (χ1) is 7.34. The maximum absolute atomic E-state index is 4.66. The molecule has 84 valence electrons. The van der Waals surface area contributed by atoms with Gasteiger partial charge in [0.2, 0.25) is 6.39 Å². The number of nitrogens with zero attached hydrogens (tertiary/aromatic N) is 3. The first kappa shape index (κ1) is 10.6. The Balaban J connectivity index is 1.62. The largest absolute Gasteiger partial charge is 0.343 e. The quantitative estimate of drug-likeness (QED) is 0.784. The zero-order valence-corrected chi connectivity index (χ0v) is 9.15. The molecule has 5 nitrogen and oxygen atoms in total. The minimum Gasteiger partial charge on any atom is -0.343 e. The zero-order chi connectivity index (χ0) is 10.5. The highest BCUT2D eigenvalue weighted by atomic mass is 16.5. The van der Waals surface area contributed by atoms with Crippen molar-refractivity contribution in [2.45, 2.75) is 19.4 Å². The molecule has 0 aliphatic carbocycles. The molecule has 0 atom stereocenters. The Morgan fingerprint density at radius 3 is 3.00 bits per heavy atom. The van der Waals surface area contributed by atoms with Gasteiger partial charge in [-0.05, 0) is 45.4 Å². The Labute approximate surface area is 89.8 Å². The molecule has 1 aliphatic rings. The summed E-state index contributed by atoms with van der Waals surface area (Å²) in [6.45, 7) is 4.20. The van der Waals surface area contributed by atoms with Crippen LogP contribution in [0.25, 0.3) is 0 Å². The minimum atomic E-state index is 0.711. The van der Waals surface area contributed by atoms with Gasteiger partial charge in [0.1, 0.15) is 0 Å². The molecule has 0 saturated carbocycles. The second-order valence-electron chi connectivity index (χ2n) is 4.22. The normalized spacial score (nSPS) is 19.5. The molecule has 0 radical (unpaired) electrons. The van der Waals surface area contributed by atoms with Crippen molar-refractivity contribution in [3.05, 3.63) is 12.2 Å². The standard InChI is InChI=1S/C10H18N4O/c1-14-4-2-9(3-5-14)6-11-7-10-12-8-15-13-10/h8-9,11H,2-7H2,1H3. The Bertz CT molecular complexity index is 267. The van der Waals surface area contributed by atoms with Crippen LogP contribution in [0.15, 0.2) is 10.9 Å². The van der Waals surface area contributed by atoms with Crippen LogP contribution in [0, 0.1) is 5.92 Å². The lowest BCUT2D eigenvalue weighted by Gasteiger charge is -2.28. The summed E-state index contributed by atoms with van der Waals surface area (Å²) in [6.07, 6.45) is 3.94. The van der Waals surface area contributed by atoms with E-state index in [2.05, 4.69) is 31.9 Å². The van der Waals surface area contributed by atoms with Gasteiger partial charge in [0.15, 0.2) is 5.82 Å². The average molecular weight is 210 g/mol. The summed E-state index contributed by atoms with van der Waals surface area (Å²) in [6, 6.07) is 0. The van der Waals surface area contributed by atoms with Gasteiger partial charge in [0.05, 0.1) is 6.54 Å². The summed E-state index contributed by atoms with van der Waals surface area (Å²) < 4.78 is 4.66. The highest BCUT2D eigenvalue weighted by Crippen LogP contribution is 2.14. The predicted octanol–water partition coefficient (Wildman–Crippen LogP) is 0.501.